The zero-order chi connectivity index (χ0) is 19.0. The number of rotatable bonds is 9. The van der Waals surface area contributed by atoms with Gasteiger partial charge in [-0.2, -0.15) is 0 Å². The summed E-state index contributed by atoms with van der Waals surface area (Å²) in [7, 11) is 0. The first kappa shape index (κ1) is 20.6. The molecule has 0 amide bonds. The van der Waals surface area contributed by atoms with E-state index in [9.17, 15) is 0 Å². The van der Waals surface area contributed by atoms with Crippen LogP contribution in [0.3, 0.4) is 0 Å². The van der Waals surface area contributed by atoms with E-state index in [1.165, 1.54) is 83.5 Å². The summed E-state index contributed by atoms with van der Waals surface area (Å²) >= 11 is 0. The minimum atomic E-state index is 0.534. The Morgan fingerprint density at radius 2 is 1.78 bits per heavy atom. The fourth-order valence-corrected chi connectivity index (χ4v) is 6.08. The average molecular weight is 373 g/mol. The van der Waals surface area contributed by atoms with Gasteiger partial charge in [-0.05, 0) is 61.3 Å². The van der Waals surface area contributed by atoms with Crippen LogP contribution >= 0.6 is 0 Å². The SMILES string of the molecule is CCCCCC1([C@H]2CCCC[C@@H]2C(C)COc2ncccn2)CCCCC1. The van der Waals surface area contributed by atoms with E-state index >= 15 is 0 Å². The summed E-state index contributed by atoms with van der Waals surface area (Å²) in [6.07, 6.45) is 22.2. The number of hydrogen-bond acceptors (Lipinski definition) is 3. The van der Waals surface area contributed by atoms with Crippen molar-refractivity contribution in [2.24, 2.45) is 23.2 Å². The summed E-state index contributed by atoms with van der Waals surface area (Å²) in [5.41, 5.74) is 0.621. The number of nitrogens with zero attached hydrogens (tertiary/aromatic N) is 2. The lowest BCUT2D eigenvalue weighted by molar-refractivity contribution is -0.0127. The summed E-state index contributed by atoms with van der Waals surface area (Å²) in [5, 5.41) is 0. The molecule has 0 radical (unpaired) electrons. The highest BCUT2D eigenvalue weighted by Crippen LogP contribution is 2.54. The molecule has 1 aromatic rings. The van der Waals surface area contributed by atoms with Crippen molar-refractivity contribution < 1.29 is 4.74 Å². The minimum Gasteiger partial charge on any atom is -0.463 e. The number of ether oxygens (including phenoxy) is 1. The average Bonchev–Trinajstić information content (AvgIpc) is 2.74. The van der Waals surface area contributed by atoms with Gasteiger partial charge < -0.3 is 4.74 Å². The third kappa shape index (κ3) is 5.45. The molecule has 0 N–H and O–H groups in total. The van der Waals surface area contributed by atoms with E-state index in [1.54, 1.807) is 12.4 Å². The molecule has 3 atom stereocenters. The molecule has 1 unspecified atom stereocenters. The lowest BCUT2D eigenvalue weighted by Gasteiger charge is -2.51. The van der Waals surface area contributed by atoms with Crippen LogP contribution in [0.15, 0.2) is 18.5 Å². The highest BCUT2D eigenvalue weighted by atomic mass is 16.5. The van der Waals surface area contributed by atoms with E-state index in [4.69, 9.17) is 4.74 Å². The molecule has 2 saturated carbocycles. The largest absolute Gasteiger partial charge is 0.463 e. The van der Waals surface area contributed by atoms with Gasteiger partial charge in [-0.15, -0.1) is 0 Å². The van der Waals surface area contributed by atoms with E-state index in [2.05, 4.69) is 23.8 Å². The maximum atomic E-state index is 5.97. The van der Waals surface area contributed by atoms with Crippen molar-refractivity contribution in [3.63, 3.8) is 0 Å². The molecule has 2 aliphatic carbocycles. The van der Waals surface area contributed by atoms with Gasteiger partial charge in [-0.3, -0.25) is 0 Å². The first-order valence-corrected chi connectivity index (χ1v) is 11.6. The summed E-state index contributed by atoms with van der Waals surface area (Å²) in [5.74, 6) is 2.30. The zero-order valence-electron chi connectivity index (χ0n) is 17.7. The van der Waals surface area contributed by atoms with Crippen molar-refractivity contribution in [2.75, 3.05) is 6.61 Å². The first-order valence-electron chi connectivity index (χ1n) is 11.6. The van der Waals surface area contributed by atoms with Crippen LogP contribution in [0.1, 0.15) is 97.3 Å². The van der Waals surface area contributed by atoms with Gasteiger partial charge in [-0.25, -0.2) is 9.97 Å². The van der Waals surface area contributed by atoms with Gasteiger partial charge >= 0.3 is 6.01 Å². The van der Waals surface area contributed by atoms with Crippen LogP contribution < -0.4 is 4.74 Å². The van der Waals surface area contributed by atoms with Gasteiger partial charge in [0.15, 0.2) is 0 Å². The third-order valence-electron chi connectivity index (χ3n) is 7.48. The second kappa shape index (κ2) is 10.4. The lowest BCUT2D eigenvalue weighted by atomic mass is 9.55. The van der Waals surface area contributed by atoms with Gasteiger partial charge in [0.2, 0.25) is 0 Å². The molecule has 0 aliphatic heterocycles. The molecular formula is C24H40N2O. The zero-order valence-corrected chi connectivity index (χ0v) is 17.7. The van der Waals surface area contributed by atoms with Crippen molar-refractivity contribution in [1.29, 1.82) is 0 Å². The molecule has 27 heavy (non-hydrogen) atoms. The molecule has 3 nitrogen and oxygen atoms in total. The summed E-state index contributed by atoms with van der Waals surface area (Å²) < 4.78 is 5.97. The molecule has 0 bridgehead atoms. The maximum Gasteiger partial charge on any atom is 0.316 e. The standard InChI is InChI=1S/C24H40N2O/c1-3-4-8-14-24(15-9-5-10-16-24)22-13-7-6-12-21(22)20(2)19-27-23-25-17-11-18-26-23/h11,17-18,20-22H,3-10,12-16,19H2,1-2H3/t20?,21-,22+/m1/s1. The number of aromatic nitrogens is 2. The highest BCUT2D eigenvalue weighted by Gasteiger charge is 2.45. The molecule has 0 aromatic carbocycles. The summed E-state index contributed by atoms with van der Waals surface area (Å²) in [4.78, 5) is 8.47. The monoisotopic (exact) mass is 372 g/mol. The van der Waals surface area contributed by atoms with Gasteiger partial charge in [0.05, 0.1) is 6.61 Å². The Hall–Kier alpha value is -1.12. The molecule has 0 saturated heterocycles. The van der Waals surface area contributed by atoms with Gasteiger partial charge in [0.25, 0.3) is 0 Å². The topological polar surface area (TPSA) is 35.0 Å². The van der Waals surface area contributed by atoms with Crippen LogP contribution in [-0.2, 0) is 0 Å². The van der Waals surface area contributed by atoms with E-state index in [0.717, 1.165) is 18.4 Å². The van der Waals surface area contributed by atoms with E-state index in [0.29, 0.717) is 17.3 Å². The van der Waals surface area contributed by atoms with Crippen LogP contribution in [0.5, 0.6) is 6.01 Å². The Labute approximate surface area is 166 Å². The Kier molecular flexibility index (Phi) is 7.96. The Morgan fingerprint density at radius 1 is 1.04 bits per heavy atom. The highest BCUT2D eigenvalue weighted by molar-refractivity contribution is 4.96. The van der Waals surface area contributed by atoms with Gasteiger partial charge in [0.1, 0.15) is 0 Å². The van der Waals surface area contributed by atoms with Crippen molar-refractivity contribution >= 4 is 0 Å². The molecule has 2 aliphatic rings. The lowest BCUT2D eigenvalue weighted by Crippen LogP contribution is -2.42. The second-order valence-corrected chi connectivity index (χ2v) is 9.25. The van der Waals surface area contributed by atoms with Crippen molar-refractivity contribution in [1.82, 2.24) is 9.97 Å². The van der Waals surface area contributed by atoms with Gasteiger partial charge in [-0.1, -0.05) is 65.2 Å². The minimum absolute atomic E-state index is 0.534. The van der Waals surface area contributed by atoms with E-state index in [1.807, 2.05) is 6.07 Å². The van der Waals surface area contributed by atoms with Crippen LogP contribution in [0.4, 0.5) is 0 Å². The van der Waals surface area contributed by atoms with Crippen LogP contribution in [0.2, 0.25) is 0 Å². The number of hydrogen-bond donors (Lipinski definition) is 0. The second-order valence-electron chi connectivity index (χ2n) is 9.25. The molecule has 3 rings (SSSR count). The Balaban J connectivity index is 1.67. The van der Waals surface area contributed by atoms with Crippen LogP contribution in [-0.4, -0.2) is 16.6 Å². The first-order chi connectivity index (χ1) is 13.2. The summed E-state index contributed by atoms with van der Waals surface area (Å²) in [6, 6.07) is 2.38. The number of unbranched alkanes of at least 4 members (excludes halogenated alkanes) is 2. The maximum absolute atomic E-state index is 5.97. The Bertz CT molecular complexity index is 526. The van der Waals surface area contributed by atoms with Crippen molar-refractivity contribution in [3.05, 3.63) is 18.5 Å². The van der Waals surface area contributed by atoms with Crippen LogP contribution in [0, 0.1) is 23.2 Å². The molecule has 3 heteroatoms. The molecule has 0 spiro atoms. The van der Waals surface area contributed by atoms with Crippen molar-refractivity contribution in [3.8, 4) is 6.01 Å². The quantitative estimate of drug-likeness (QED) is 0.446. The van der Waals surface area contributed by atoms with Gasteiger partial charge in [0, 0.05) is 12.4 Å². The molecule has 1 heterocycles. The fourth-order valence-electron chi connectivity index (χ4n) is 6.08. The van der Waals surface area contributed by atoms with E-state index < -0.39 is 0 Å². The molecule has 152 valence electrons. The summed E-state index contributed by atoms with van der Waals surface area (Å²) in [6.45, 7) is 5.51. The van der Waals surface area contributed by atoms with Crippen molar-refractivity contribution in [2.45, 2.75) is 97.3 Å². The fraction of sp³-hybridized carbons (Fsp3) is 0.833. The predicted octanol–water partition coefficient (Wildman–Crippen LogP) is 6.83. The molecule has 2 fully saturated rings. The molecular weight excluding hydrogens is 332 g/mol. The van der Waals surface area contributed by atoms with E-state index in [-0.39, 0.29) is 0 Å². The predicted molar refractivity (Wildman–Crippen MR) is 112 cm³/mol. The Morgan fingerprint density at radius 3 is 2.52 bits per heavy atom. The van der Waals surface area contributed by atoms with Crippen LogP contribution in [0.25, 0.3) is 0 Å². The molecule has 1 aromatic heterocycles. The normalized spacial score (nSPS) is 26.4. The smallest absolute Gasteiger partial charge is 0.316 e. The third-order valence-corrected chi connectivity index (χ3v) is 7.48.